The van der Waals surface area contributed by atoms with Gasteiger partial charge in [-0.1, -0.05) is 46.5 Å². The van der Waals surface area contributed by atoms with E-state index in [1.165, 1.54) is 81.9 Å². The summed E-state index contributed by atoms with van der Waals surface area (Å²) < 4.78 is 2.31. The number of aromatic nitrogens is 2. The maximum Gasteiger partial charge on any atom is 0.272 e. The molecule has 1 heterocycles. The fourth-order valence-corrected chi connectivity index (χ4v) is 7.47. The quantitative estimate of drug-likeness (QED) is 0.675. The van der Waals surface area contributed by atoms with Gasteiger partial charge in [-0.05, 0) is 74.5 Å². The monoisotopic (exact) mass is 397 g/mol. The van der Waals surface area contributed by atoms with Gasteiger partial charge in [-0.3, -0.25) is 9.48 Å². The van der Waals surface area contributed by atoms with Gasteiger partial charge in [-0.15, -0.1) is 0 Å². The van der Waals surface area contributed by atoms with Gasteiger partial charge in [0.2, 0.25) is 0 Å². The Kier molecular flexibility index (Phi) is 4.83. The van der Waals surface area contributed by atoms with Crippen LogP contribution < -0.4 is 5.32 Å². The molecule has 1 N–H and O–H groups in total. The molecule has 3 fully saturated rings. The summed E-state index contributed by atoms with van der Waals surface area (Å²) in [5.41, 5.74) is 3.85. The number of rotatable bonds is 3. The zero-order valence-corrected chi connectivity index (χ0v) is 18.7. The lowest BCUT2D eigenvalue weighted by atomic mass is 9.68. The molecule has 4 aliphatic rings. The van der Waals surface area contributed by atoms with Crippen LogP contribution in [-0.2, 0) is 12.8 Å². The second-order valence-corrected chi connectivity index (χ2v) is 11.4. The number of nitrogens with zero attached hydrogens (tertiary/aromatic N) is 2. The van der Waals surface area contributed by atoms with Crippen molar-refractivity contribution in [1.29, 1.82) is 0 Å². The van der Waals surface area contributed by atoms with E-state index in [9.17, 15) is 4.79 Å². The minimum atomic E-state index is 0.0994. The molecule has 4 heteroatoms. The first kappa shape index (κ1) is 19.6. The summed E-state index contributed by atoms with van der Waals surface area (Å²) >= 11 is 0. The minimum Gasteiger partial charge on any atom is -0.347 e. The summed E-state index contributed by atoms with van der Waals surface area (Å²) in [6.07, 6.45) is 16.2. The molecule has 0 aromatic carbocycles. The maximum absolute atomic E-state index is 13.6. The van der Waals surface area contributed by atoms with E-state index in [0.717, 1.165) is 24.5 Å². The Balaban J connectivity index is 1.44. The molecule has 1 aromatic rings. The Morgan fingerprint density at radius 3 is 2.41 bits per heavy atom. The van der Waals surface area contributed by atoms with Gasteiger partial charge >= 0.3 is 0 Å². The smallest absolute Gasteiger partial charge is 0.272 e. The highest BCUT2D eigenvalue weighted by molar-refractivity contribution is 5.94. The van der Waals surface area contributed by atoms with E-state index in [4.69, 9.17) is 5.10 Å². The molecule has 0 radical (unpaired) electrons. The zero-order valence-electron chi connectivity index (χ0n) is 18.7. The largest absolute Gasteiger partial charge is 0.347 e. The summed E-state index contributed by atoms with van der Waals surface area (Å²) in [5.74, 6) is 0.845. The number of amides is 1. The SMILES string of the molecule is CC12CCC(C1)C(C)(C)C2NC(=O)c1nn(C2CCCCCC2)c2c1CCCC2. The molecule has 0 saturated heterocycles. The summed E-state index contributed by atoms with van der Waals surface area (Å²) in [4.78, 5) is 13.6. The van der Waals surface area contributed by atoms with Crippen LogP contribution in [0.1, 0.15) is 119 Å². The molecule has 3 unspecified atom stereocenters. The molecule has 1 aromatic heterocycles. The summed E-state index contributed by atoms with van der Waals surface area (Å²) in [6.45, 7) is 7.13. The van der Waals surface area contributed by atoms with Crippen LogP contribution in [0.5, 0.6) is 0 Å². The van der Waals surface area contributed by atoms with Gasteiger partial charge in [-0.2, -0.15) is 5.10 Å². The number of fused-ring (bicyclic) bond motifs is 3. The number of carbonyl (C=O) groups is 1. The van der Waals surface area contributed by atoms with Gasteiger partial charge in [0.05, 0.1) is 6.04 Å². The first-order chi connectivity index (χ1) is 13.9. The van der Waals surface area contributed by atoms with Crippen molar-refractivity contribution in [1.82, 2.24) is 15.1 Å². The van der Waals surface area contributed by atoms with Crippen LogP contribution in [0.3, 0.4) is 0 Å². The second-order valence-electron chi connectivity index (χ2n) is 11.4. The third kappa shape index (κ3) is 3.16. The van der Waals surface area contributed by atoms with Crippen LogP contribution in [0.15, 0.2) is 0 Å². The lowest BCUT2D eigenvalue weighted by Crippen LogP contribution is -2.52. The normalized spacial score (nSPS) is 34.0. The highest BCUT2D eigenvalue weighted by atomic mass is 16.2. The van der Waals surface area contributed by atoms with E-state index >= 15 is 0 Å². The van der Waals surface area contributed by atoms with E-state index in [-0.39, 0.29) is 22.8 Å². The van der Waals surface area contributed by atoms with Crippen LogP contribution in [-0.4, -0.2) is 21.7 Å². The van der Waals surface area contributed by atoms with Gasteiger partial charge in [0.1, 0.15) is 0 Å². The average molecular weight is 398 g/mol. The standard InChI is InChI=1S/C25H39N3O/c1-24(2)17-14-15-25(3,16-17)23(24)26-22(29)21-19-12-8-9-13-20(19)28(27-21)18-10-6-4-5-7-11-18/h17-18,23H,4-16H2,1-3H3,(H,26,29). The number of hydrogen-bond acceptors (Lipinski definition) is 2. The Hall–Kier alpha value is -1.32. The van der Waals surface area contributed by atoms with Crippen molar-refractivity contribution in [3.8, 4) is 0 Å². The van der Waals surface area contributed by atoms with Crippen LogP contribution >= 0.6 is 0 Å². The molecule has 29 heavy (non-hydrogen) atoms. The van der Waals surface area contributed by atoms with Crippen molar-refractivity contribution >= 4 is 5.91 Å². The molecule has 160 valence electrons. The topological polar surface area (TPSA) is 46.9 Å². The van der Waals surface area contributed by atoms with Gasteiger partial charge in [0, 0.05) is 17.3 Å². The molecule has 0 aliphatic heterocycles. The predicted molar refractivity (Wildman–Crippen MR) is 116 cm³/mol. The molecular weight excluding hydrogens is 358 g/mol. The third-order valence-corrected chi connectivity index (χ3v) is 9.14. The van der Waals surface area contributed by atoms with E-state index < -0.39 is 0 Å². The Morgan fingerprint density at radius 2 is 1.72 bits per heavy atom. The van der Waals surface area contributed by atoms with E-state index in [1.807, 2.05) is 0 Å². The van der Waals surface area contributed by atoms with Gasteiger partial charge in [0.15, 0.2) is 5.69 Å². The van der Waals surface area contributed by atoms with Crippen molar-refractivity contribution in [2.24, 2.45) is 16.7 Å². The van der Waals surface area contributed by atoms with Crippen LogP contribution in [0.2, 0.25) is 0 Å². The molecule has 3 atom stereocenters. The molecule has 5 rings (SSSR count). The Labute approximate surface area is 176 Å². The van der Waals surface area contributed by atoms with Crippen molar-refractivity contribution < 1.29 is 4.79 Å². The molecule has 2 bridgehead atoms. The van der Waals surface area contributed by atoms with Gasteiger partial charge in [0.25, 0.3) is 5.91 Å². The zero-order chi connectivity index (χ0) is 20.2. The number of hydrogen-bond donors (Lipinski definition) is 1. The average Bonchev–Trinajstić information content (AvgIpc) is 3.24. The molecule has 4 aliphatic carbocycles. The first-order valence-corrected chi connectivity index (χ1v) is 12.3. The van der Waals surface area contributed by atoms with Gasteiger partial charge < -0.3 is 5.32 Å². The van der Waals surface area contributed by atoms with E-state index in [0.29, 0.717) is 6.04 Å². The van der Waals surface area contributed by atoms with E-state index in [1.54, 1.807) is 0 Å². The van der Waals surface area contributed by atoms with Crippen molar-refractivity contribution in [2.75, 3.05) is 0 Å². The number of nitrogens with one attached hydrogen (secondary N) is 1. The van der Waals surface area contributed by atoms with Crippen molar-refractivity contribution in [2.45, 2.75) is 116 Å². The fourth-order valence-electron chi connectivity index (χ4n) is 7.47. The molecular formula is C25H39N3O. The van der Waals surface area contributed by atoms with E-state index in [2.05, 4.69) is 30.8 Å². The lowest BCUT2D eigenvalue weighted by molar-refractivity contribution is 0.0731. The molecule has 0 spiro atoms. The van der Waals surface area contributed by atoms with Crippen LogP contribution in [0.4, 0.5) is 0 Å². The third-order valence-electron chi connectivity index (χ3n) is 9.14. The Morgan fingerprint density at radius 1 is 1.00 bits per heavy atom. The van der Waals surface area contributed by atoms with Crippen molar-refractivity contribution in [3.05, 3.63) is 17.0 Å². The minimum absolute atomic E-state index is 0.0994. The summed E-state index contributed by atoms with van der Waals surface area (Å²) in [5, 5.41) is 8.56. The fraction of sp³-hybridized carbons (Fsp3) is 0.840. The van der Waals surface area contributed by atoms with Gasteiger partial charge in [-0.25, -0.2) is 0 Å². The summed E-state index contributed by atoms with van der Waals surface area (Å²) in [7, 11) is 0. The molecule has 4 nitrogen and oxygen atoms in total. The highest BCUT2D eigenvalue weighted by Crippen LogP contribution is 2.62. The number of carbonyl (C=O) groups excluding carboxylic acids is 1. The second kappa shape index (κ2) is 7.13. The predicted octanol–water partition coefficient (Wildman–Crippen LogP) is 5.60. The summed E-state index contributed by atoms with van der Waals surface area (Å²) in [6, 6.07) is 0.769. The highest BCUT2D eigenvalue weighted by Gasteiger charge is 2.59. The van der Waals surface area contributed by atoms with Crippen molar-refractivity contribution in [3.63, 3.8) is 0 Å². The molecule has 3 saturated carbocycles. The lowest BCUT2D eigenvalue weighted by Gasteiger charge is -2.43. The maximum atomic E-state index is 13.6. The molecule has 1 amide bonds. The first-order valence-electron chi connectivity index (χ1n) is 12.3. The van der Waals surface area contributed by atoms with Crippen LogP contribution in [0, 0.1) is 16.7 Å². The van der Waals surface area contributed by atoms with Crippen LogP contribution in [0.25, 0.3) is 0 Å². The Bertz CT molecular complexity index is 781.